The van der Waals surface area contributed by atoms with Crippen molar-refractivity contribution in [1.82, 2.24) is 14.5 Å². The highest BCUT2D eigenvalue weighted by Crippen LogP contribution is 2.30. The van der Waals surface area contributed by atoms with Gasteiger partial charge in [-0.15, -0.1) is 11.3 Å². The number of halogens is 1. The highest BCUT2D eigenvalue weighted by molar-refractivity contribution is 7.20. The van der Waals surface area contributed by atoms with Gasteiger partial charge in [-0.2, -0.15) is 0 Å². The first-order valence-corrected chi connectivity index (χ1v) is 12.9. The van der Waals surface area contributed by atoms with Crippen LogP contribution < -0.4 is 10.9 Å². The molecule has 0 radical (unpaired) electrons. The van der Waals surface area contributed by atoms with Crippen LogP contribution in [0.1, 0.15) is 40.6 Å². The summed E-state index contributed by atoms with van der Waals surface area (Å²) >= 11 is 7.26. The minimum atomic E-state index is -0.402. The standard InChI is InChI=1S/C25H27ClN4O5S/c1-4-35-25(34)16-6-5-9-29(11-16)24(33)21-15(3)20-22(36-21)27-13-30(23(20)32)12-19(31)28-17-8-7-14(2)18(26)10-17/h7-8,10,13,16H,4-6,9,11-12H2,1-3H3,(H,28,31)/t16-/m1/s1. The minimum Gasteiger partial charge on any atom is -0.466 e. The van der Waals surface area contributed by atoms with E-state index >= 15 is 0 Å². The molecule has 2 amide bonds. The van der Waals surface area contributed by atoms with E-state index in [0.29, 0.717) is 57.4 Å². The van der Waals surface area contributed by atoms with E-state index < -0.39 is 11.5 Å². The van der Waals surface area contributed by atoms with Gasteiger partial charge in [0.2, 0.25) is 5.91 Å². The maximum Gasteiger partial charge on any atom is 0.310 e. The monoisotopic (exact) mass is 530 g/mol. The molecule has 1 N–H and O–H groups in total. The zero-order valence-corrected chi connectivity index (χ0v) is 21.9. The highest BCUT2D eigenvalue weighted by Gasteiger charge is 2.31. The van der Waals surface area contributed by atoms with Gasteiger partial charge in [0.1, 0.15) is 11.4 Å². The van der Waals surface area contributed by atoms with Gasteiger partial charge in [0, 0.05) is 23.8 Å². The first-order valence-electron chi connectivity index (χ1n) is 11.7. The molecule has 1 aliphatic rings. The number of rotatable bonds is 6. The Hall–Kier alpha value is -3.24. The lowest BCUT2D eigenvalue weighted by Crippen LogP contribution is -2.42. The summed E-state index contributed by atoms with van der Waals surface area (Å²) in [6, 6.07) is 5.17. The maximum absolute atomic E-state index is 13.3. The smallest absolute Gasteiger partial charge is 0.310 e. The molecule has 0 aliphatic carbocycles. The second-order valence-electron chi connectivity index (χ2n) is 8.77. The SMILES string of the molecule is CCOC(=O)[C@@H]1CCCN(C(=O)c2sc3ncn(CC(=O)Nc4ccc(C)c(Cl)c4)c(=O)c3c2C)C1. The first kappa shape index (κ1) is 25.8. The van der Waals surface area contributed by atoms with Crippen LogP contribution in [0.25, 0.3) is 10.2 Å². The summed E-state index contributed by atoms with van der Waals surface area (Å²) in [5.41, 5.74) is 1.54. The molecule has 0 bridgehead atoms. The molecule has 1 aliphatic heterocycles. The third kappa shape index (κ3) is 5.29. The Morgan fingerprint density at radius 3 is 2.78 bits per heavy atom. The van der Waals surface area contributed by atoms with Crippen molar-refractivity contribution in [3.8, 4) is 0 Å². The molecule has 2 aromatic heterocycles. The Kier molecular flexibility index (Phi) is 7.75. The zero-order valence-electron chi connectivity index (χ0n) is 20.3. The molecule has 0 saturated carbocycles. The first-order chi connectivity index (χ1) is 17.2. The average molecular weight is 531 g/mol. The van der Waals surface area contributed by atoms with Crippen LogP contribution in [0.15, 0.2) is 29.3 Å². The van der Waals surface area contributed by atoms with E-state index in [1.54, 1.807) is 36.9 Å². The van der Waals surface area contributed by atoms with E-state index in [9.17, 15) is 19.2 Å². The summed E-state index contributed by atoms with van der Waals surface area (Å²) in [6.07, 6.45) is 2.69. The van der Waals surface area contributed by atoms with Gasteiger partial charge in [0.25, 0.3) is 11.5 Å². The lowest BCUT2D eigenvalue weighted by molar-refractivity contribution is -0.149. The number of hydrogen-bond donors (Lipinski definition) is 1. The van der Waals surface area contributed by atoms with Gasteiger partial charge in [-0.1, -0.05) is 17.7 Å². The van der Waals surface area contributed by atoms with Crippen LogP contribution in [0, 0.1) is 19.8 Å². The van der Waals surface area contributed by atoms with Gasteiger partial charge < -0.3 is 15.0 Å². The van der Waals surface area contributed by atoms with Crippen LogP contribution in [-0.2, 0) is 20.9 Å². The summed E-state index contributed by atoms with van der Waals surface area (Å²) in [7, 11) is 0. The molecule has 3 aromatic rings. The summed E-state index contributed by atoms with van der Waals surface area (Å²) in [5.74, 6) is -1.28. The maximum atomic E-state index is 13.3. The second-order valence-corrected chi connectivity index (χ2v) is 10.2. The van der Waals surface area contributed by atoms with Crippen LogP contribution in [-0.4, -0.2) is 51.9 Å². The highest BCUT2D eigenvalue weighted by atomic mass is 35.5. The summed E-state index contributed by atoms with van der Waals surface area (Å²) in [5, 5.41) is 3.57. The molecule has 36 heavy (non-hydrogen) atoms. The fraction of sp³-hybridized carbons (Fsp3) is 0.400. The van der Waals surface area contributed by atoms with Gasteiger partial charge in [0.15, 0.2) is 0 Å². The lowest BCUT2D eigenvalue weighted by Gasteiger charge is -2.31. The molecule has 4 rings (SSSR count). The summed E-state index contributed by atoms with van der Waals surface area (Å²) in [6.45, 7) is 6.20. The number of likely N-dealkylation sites (tertiary alicyclic amines) is 1. The van der Waals surface area contributed by atoms with Crippen molar-refractivity contribution < 1.29 is 19.1 Å². The van der Waals surface area contributed by atoms with Crippen LogP contribution >= 0.6 is 22.9 Å². The van der Waals surface area contributed by atoms with Gasteiger partial charge in [-0.05, 0) is 56.9 Å². The molecule has 0 unspecified atom stereocenters. The van der Waals surface area contributed by atoms with Crippen molar-refractivity contribution in [3.63, 3.8) is 0 Å². The largest absolute Gasteiger partial charge is 0.466 e. The van der Waals surface area contributed by atoms with Crippen molar-refractivity contribution in [3.05, 3.63) is 55.9 Å². The number of ether oxygens (including phenoxy) is 1. The van der Waals surface area contributed by atoms with Crippen molar-refractivity contribution in [2.75, 3.05) is 25.0 Å². The van der Waals surface area contributed by atoms with Crippen molar-refractivity contribution >= 4 is 56.6 Å². The molecule has 190 valence electrons. The van der Waals surface area contributed by atoms with E-state index in [4.69, 9.17) is 16.3 Å². The van der Waals surface area contributed by atoms with Crippen LogP contribution in [0.3, 0.4) is 0 Å². The van der Waals surface area contributed by atoms with E-state index in [-0.39, 0.29) is 30.9 Å². The Balaban J connectivity index is 1.54. The van der Waals surface area contributed by atoms with E-state index in [2.05, 4.69) is 10.3 Å². The lowest BCUT2D eigenvalue weighted by atomic mass is 9.98. The predicted molar refractivity (Wildman–Crippen MR) is 139 cm³/mol. The fourth-order valence-corrected chi connectivity index (χ4v) is 5.55. The van der Waals surface area contributed by atoms with Gasteiger partial charge in [-0.3, -0.25) is 23.7 Å². The minimum absolute atomic E-state index is 0.232. The van der Waals surface area contributed by atoms with Gasteiger partial charge >= 0.3 is 5.97 Å². The number of aromatic nitrogens is 2. The fourth-order valence-electron chi connectivity index (χ4n) is 4.26. The van der Waals surface area contributed by atoms with Crippen molar-refractivity contribution in [2.24, 2.45) is 5.92 Å². The Labute approximate surface area is 217 Å². The van der Waals surface area contributed by atoms with E-state index in [1.807, 2.05) is 6.92 Å². The molecule has 1 saturated heterocycles. The molecule has 0 spiro atoms. The molecule has 1 atom stereocenters. The Morgan fingerprint density at radius 2 is 2.06 bits per heavy atom. The number of piperidine rings is 1. The number of amides is 2. The number of anilines is 1. The summed E-state index contributed by atoms with van der Waals surface area (Å²) < 4.78 is 6.35. The molecular formula is C25H27ClN4O5S. The number of carbonyl (C=O) groups is 3. The molecule has 3 heterocycles. The van der Waals surface area contributed by atoms with E-state index in [0.717, 1.165) is 16.9 Å². The summed E-state index contributed by atoms with van der Waals surface area (Å²) in [4.78, 5) is 58.1. The van der Waals surface area contributed by atoms with Crippen LogP contribution in [0.2, 0.25) is 5.02 Å². The Morgan fingerprint density at radius 1 is 1.28 bits per heavy atom. The number of fused-ring (bicyclic) bond motifs is 1. The van der Waals surface area contributed by atoms with Gasteiger partial charge in [-0.25, -0.2) is 4.98 Å². The number of nitrogens with zero attached hydrogens (tertiary/aromatic N) is 3. The Bertz CT molecular complexity index is 1400. The number of hydrogen-bond acceptors (Lipinski definition) is 7. The average Bonchev–Trinajstić information content (AvgIpc) is 3.20. The van der Waals surface area contributed by atoms with Crippen LogP contribution in [0.5, 0.6) is 0 Å². The number of nitrogens with one attached hydrogen (secondary N) is 1. The van der Waals surface area contributed by atoms with E-state index in [1.165, 1.54) is 10.9 Å². The molecule has 11 heteroatoms. The molecule has 1 fully saturated rings. The quantitative estimate of drug-likeness (QED) is 0.485. The third-order valence-corrected chi connectivity index (χ3v) is 7.80. The second kappa shape index (κ2) is 10.8. The molecular weight excluding hydrogens is 504 g/mol. The number of thiophene rings is 1. The van der Waals surface area contributed by atoms with Gasteiger partial charge in [0.05, 0.1) is 29.1 Å². The third-order valence-electron chi connectivity index (χ3n) is 6.21. The number of benzene rings is 1. The van der Waals surface area contributed by atoms with Crippen molar-refractivity contribution in [1.29, 1.82) is 0 Å². The normalized spacial score (nSPS) is 15.7. The topological polar surface area (TPSA) is 111 Å². The predicted octanol–water partition coefficient (Wildman–Crippen LogP) is 3.78. The molecule has 9 nitrogen and oxygen atoms in total. The van der Waals surface area contributed by atoms with Crippen LogP contribution in [0.4, 0.5) is 5.69 Å². The zero-order chi connectivity index (χ0) is 26.0. The van der Waals surface area contributed by atoms with Crippen molar-refractivity contribution in [2.45, 2.75) is 40.2 Å². The number of carbonyl (C=O) groups excluding carboxylic acids is 3. The molecule has 1 aromatic carbocycles. The number of aryl methyl sites for hydroxylation is 2. The number of esters is 1.